The van der Waals surface area contributed by atoms with Crippen LogP contribution in [-0.2, 0) is 10.0 Å². The predicted octanol–water partition coefficient (Wildman–Crippen LogP) is 2.28. The minimum absolute atomic E-state index is 0.0688. The van der Waals surface area contributed by atoms with Crippen molar-refractivity contribution in [3.8, 4) is 5.75 Å². The lowest BCUT2D eigenvalue weighted by atomic mass is 10.3. The van der Waals surface area contributed by atoms with Crippen molar-refractivity contribution < 1.29 is 17.5 Å². The summed E-state index contributed by atoms with van der Waals surface area (Å²) >= 11 is 0. The van der Waals surface area contributed by atoms with E-state index < -0.39 is 15.8 Å². The van der Waals surface area contributed by atoms with Crippen molar-refractivity contribution in [1.82, 2.24) is 9.61 Å². The molecular formula is C14H12FN3O3S. The Balaban J connectivity index is 2.01. The lowest BCUT2D eigenvalue weighted by molar-refractivity contribution is 0.401. The van der Waals surface area contributed by atoms with Gasteiger partial charge in [0.15, 0.2) is 0 Å². The Morgan fingerprint density at radius 1 is 1.23 bits per heavy atom. The van der Waals surface area contributed by atoms with Crippen molar-refractivity contribution in [3.63, 3.8) is 0 Å². The van der Waals surface area contributed by atoms with Crippen molar-refractivity contribution in [2.24, 2.45) is 0 Å². The van der Waals surface area contributed by atoms with Crippen LogP contribution < -0.4 is 9.46 Å². The van der Waals surface area contributed by atoms with E-state index in [-0.39, 0.29) is 10.6 Å². The Morgan fingerprint density at radius 3 is 2.82 bits per heavy atom. The Labute approximate surface area is 126 Å². The third-order valence-corrected chi connectivity index (χ3v) is 4.47. The molecule has 0 aliphatic carbocycles. The molecule has 6 nitrogen and oxygen atoms in total. The van der Waals surface area contributed by atoms with Crippen LogP contribution in [0.5, 0.6) is 5.75 Å². The number of fused-ring (bicyclic) bond motifs is 1. The fourth-order valence-corrected chi connectivity index (χ4v) is 3.29. The highest BCUT2D eigenvalue weighted by Gasteiger charge is 2.20. The van der Waals surface area contributed by atoms with E-state index in [2.05, 4.69) is 9.82 Å². The zero-order chi connectivity index (χ0) is 15.7. The summed E-state index contributed by atoms with van der Waals surface area (Å²) < 4.78 is 47.2. The van der Waals surface area contributed by atoms with Crippen LogP contribution in [0.15, 0.2) is 53.7 Å². The first kappa shape index (κ1) is 14.3. The molecule has 114 valence electrons. The third-order valence-electron chi connectivity index (χ3n) is 3.07. The Morgan fingerprint density at radius 2 is 2.05 bits per heavy atom. The summed E-state index contributed by atoms with van der Waals surface area (Å²) in [5.41, 5.74) is 1.07. The number of nitrogens with zero attached hydrogens (tertiary/aromatic N) is 2. The second-order valence-corrected chi connectivity index (χ2v) is 6.17. The van der Waals surface area contributed by atoms with E-state index >= 15 is 0 Å². The molecule has 1 aromatic carbocycles. The number of methoxy groups -OCH3 is 1. The molecule has 22 heavy (non-hydrogen) atoms. The van der Waals surface area contributed by atoms with E-state index in [1.807, 2.05) is 0 Å². The lowest BCUT2D eigenvalue weighted by Gasteiger charge is -2.11. The van der Waals surface area contributed by atoms with Gasteiger partial charge in [0, 0.05) is 12.4 Å². The third kappa shape index (κ3) is 2.60. The number of anilines is 1. The molecule has 0 atom stereocenters. The first-order valence-corrected chi connectivity index (χ1v) is 7.78. The summed E-state index contributed by atoms with van der Waals surface area (Å²) in [4.78, 5) is -0.261. The van der Waals surface area contributed by atoms with Gasteiger partial charge in [-0.1, -0.05) is 0 Å². The van der Waals surface area contributed by atoms with Gasteiger partial charge in [-0.15, -0.1) is 0 Å². The predicted molar refractivity (Wildman–Crippen MR) is 79.0 cm³/mol. The van der Waals surface area contributed by atoms with Crippen LogP contribution in [0.2, 0.25) is 0 Å². The largest absolute Gasteiger partial charge is 0.495 e. The second-order valence-electron chi connectivity index (χ2n) is 4.52. The van der Waals surface area contributed by atoms with Crippen LogP contribution in [0.1, 0.15) is 0 Å². The van der Waals surface area contributed by atoms with Crippen molar-refractivity contribution >= 4 is 21.2 Å². The van der Waals surface area contributed by atoms with Gasteiger partial charge in [-0.25, -0.2) is 17.3 Å². The van der Waals surface area contributed by atoms with Gasteiger partial charge in [-0.3, -0.25) is 4.72 Å². The van der Waals surface area contributed by atoms with Gasteiger partial charge >= 0.3 is 0 Å². The number of halogens is 1. The van der Waals surface area contributed by atoms with Gasteiger partial charge in [0.05, 0.1) is 18.3 Å². The topological polar surface area (TPSA) is 72.7 Å². The van der Waals surface area contributed by atoms with Crippen molar-refractivity contribution in [2.75, 3.05) is 11.8 Å². The number of rotatable bonds is 4. The molecule has 3 rings (SSSR count). The highest BCUT2D eigenvalue weighted by molar-refractivity contribution is 7.92. The SMILES string of the molecule is COc1ccc(F)cc1S(=O)(=O)Nc1ccn2nccc2c1. The number of hydrogen-bond acceptors (Lipinski definition) is 4. The lowest BCUT2D eigenvalue weighted by Crippen LogP contribution is -2.14. The standard InChI is InChI=1S/C14H12FN3O3S/c1-21-13-3-2-10(15)8-14(13)22(19,20)17-11-5-7-18-12(9-11)4-6-16-18/h2-9,17H,1H3. The zero-order valence-electron chi connectivity index (χ0n) is 11.5. The molecule has 2 heterocycles. The number of sulfonamides is 1. The maximum absolute atomic E-state index is 13.4. The number of pyridine rings is 1. The Bertz CT molecular complexity index is 937. The minimum Gasteiger partial charge on any atom is -0.495 e. The molecule has 0 bridgehead atoms. The summed E-state index contributed by atoms with van der Waals surface area (Å²) in [5.74, 6) is -0.591. The number of hydrogen-bond donors (Lipinski definition) is 1. The van der Waals surface area contributed by atoms with Gasteiger partial charge < -0.3 is 4.74 Å². The molecule has 8 heteroatoms. The molecular weight excluding hydrogens is 309 g/mol. The van der Waals surface area contributed by atoms with Crippen molar-refractivity contribution in [2.45, 2.75) is 4.90 Å². The average molecular weight is 321 g/mol. The molecule has 0 fully saturated rings. The number of nitrogens with one attached hydrogen (secondary N) is 1. The maximum atomic E-state index is 13.4. The van der Waals surface area contributed by atoms with Crippen LogP contribution in [0, 0.1) is 5.82 Å². The molecule has 0 unspecified atom stereocenters. The van der Waals surface area contributed by atoms with Gasteiger partial charge in [0.1, 0.15) is 16.5 Å². The van der Waals surface area contributed by atoms with Gasteiger partial charge in [0.25, 0.3) is 10.0 Å². The number of aromatic nitrogens is 2. The maximum Gasteiger partial charge on any atom is 0.265 e. The van der Waals surface area contributed by atoms with Gasteiger partial charge in [-0.2, -0.15) is 5.10 Å². The average Bonchev–Trinajstić information content (AvgIpc) is 2.94. The van der Waals surface area contributed by atoms with Crippen LogP contribution in [0.3, 0.4) is 0 Å². The number of ether oxygens (including phenoxy) is 1. The molecule has 0 amide bonds. The molecule has 2 aromatic heterocycles. The van der Waals surface area contributed by atoms with Gasteiger partial charge in [0.2, 0.25) is 0 Å². The molecule has 1 N–H and O–H groups in total. The van der Waals surface area contributed by atoms with E-state index in [1.54, 1.807) is 35.1 Å². The van der Waals surface area contributed by atoms with E-state index in [0.717, 1.165) is 17.6 Å². The fraction of sp³-hybridized carbons (Fsp3) is 0.0714. The normalized spacial score (nSPS) is 11.5. The van der Waals surface area contributed by atoms with Crippen molar-refractivity contribution in [1.29, 1.82) is 0 Å². The first-order valence-electron chi connectivity index (χ1n) is 6.29. The number of benzene rings is 1. The minimum atomic E-state index is -3.97. The monoisotopic (exact) mass is 321 g/mol. The molecule has 3 aromatic rings. The molecule has 0 radical (unpaired) electrons. The van der Waals surface area contributed by atoms with Crippen molar-refractivity contribution in [3.05, 3.63) is 54.6 Å². The second kappa shape index (κ2) is 5.30. The van der Waals surface area contributed by atoms with E-state index in [0.29, 0.717) is 5.69 Å². The van der Waals surface area contributed by atoms with E-state index in [9.17, 15) is 12.8 Å². The van der Waals surface area contributed by atoms with Crippen LogP contribution in [0.4, 0.5) is 10.1 Å². The summed E-state index contributed by atoms with van der Waals surface area (Å²) in [7, 11) is -2.65. The molecule has 0 aliphatic rings. The van der Waals surface area contributed by atoms with Crippen LogP contribution in [0.25, 0.3) is 5.52 Å². The van der Waals surface area contributed by atoms with E-state index in [4.69, 9.17) is 4.74 Å². The fourth-order valence-electron chi connectivity index (χ4n) is 2.06. The highest BCUT2D eigenvalue weighted by atomic mass is 32.2. The molecule has 0 saturated heterocycles. The molecule has 0 saturated carbocycles. The molecule has 0 spiro atoms. The summed E-state index contributed by atoms with van der Waals surface area (Å²) in [6.07, 6.45) is 3.22. The smallest absolute Gasteiger partial charge is 0.265 e. The Hall–Kier alpha value is -2.61. The Kier molecular flexibility index (Phi) is 3.45. The first-order chi connectivity index (χ1) is 10.5. The summed E-state index contributed by atoms with van der Waals surface area (Å²) in [5, 5.41) is 4.02. The zero-order valence-corrected chi connectivity index (χ0v) is 12.3. The van der Waals surface area contributed by atoms with Crippen LogP contribution in [-0.4, -0.2) is 25.1 Å². The van der Waals surface area contributed by atoms with E-state index in [1.165, 1.54) is 13.2 Å². The summed E-state index contributed by atoms with van der Waals surface area (Å²) in [6, 6.07) is 8.24. The molecule has 0 aliphatic heterocycles. The quantitative estimate of drug-likeness (QED) is 0.800. The van der Waals surface area contributed by atoms with Crippen LogP contribution >= 0.6 is 0 Å². The van der Waals surface area contributed by atoms with Gasteiger partial charge in [-0.05, 0) is 36.4 Å². The highest BCUT2D eigenvalue weighted by Crippen LogP contribution is 2.26. The summed E-state index contributed by atoms with van der Waals surface area (Å²) in [6.45, 7) is 0.